The van der Waals surface area contributed by atoms with Gasteiger partial charge in [0.15, 0.2) is 6.61 Å². The van der Waals surface area contributed by atoms with Crippen LogP contribution in [-0.4, -0.2) is 37.6 Å². The Labute approximate surface area is 162 Å². The van der Waals surface area contributed by atoms with Crippen LogP contribution in [0.4, 0.5) is 0 Å². The lowest BCUT2D eigenvalue weighted by atomic mass is 10.2. The van der Waals surface area contributed by atoms with Gasteiger partial charge in [0.05, 0.1) is 19.1 Å². The number of ether oxygens (including phenoxy) is 2. The van der Waals surface area contributed by atoms with Gasteiger partial charge in [-0.1, -0.05) is 29.8 Å². The van der Waals surface area contributed by atoms with Crippen LogP contribution >= 0.6 is 11.8 Å². The van der Waals surface area contributed by atoms with Crippen molar-refractivity contribution in [1.29, 1.82) is 0 Å². The Morgan fingerprint density at radius 1 is 1.11 bits per heavy atom. The first kappa shape index (κ1) is 20.5. The number of nitrogens with zero attached hydrogens (tertiary/aromatic N) is 1. The molecule has 0 bridgehead atoms. The highest BCUT2D eigenvalue weighted by molar-refractivity contribution is 7.99. The monoisotopic (exact) mass is 386 g/mol. The molecule has 7 heteroatoms. The number of thioether (sulfide) groups is 1. The molecule has 0 spiro atoms. The Morgan fingerprint density at radius 3 is 2.48 bits per heavy atom. The van der Waals surface area contributed by atoms with Crippen molar-refractivity contribution in [3.63, 3.8) is 0 Å². The third-order valence-electron chi connectivity index (χ3n) is 3.49. The lowest BCUT2D eigenvalue weighted by Crippen LogP contribution is -2.19. The van der Waals surface area contributed by atoms with Gasteiger partial charge in [0.1, 0.15) is 5.75 Å². The van der Waals surface area contributed by atoms with Crippen molar-refractivity contribution in [2.24, 2.45) is 5.10 Å². The molecule has 0 fully saturated rings. The molecule has 27 heavy (non-hydrogen) atoms. The van der Waals surface area contributed by atoms with E-state index in [-0.39, 0.29) is 12.5 Å². The molecular formula is C20H22N2O4S. The lowest BCUT2D eigenvalue weighted by molar-refractivity contribution is -0.142. The van der Waals surface area contributed by atoms with Crippen LogP contribution in [0, 0.1) is 6.92 Å². The Kier molecular flexibility index (Phi) is 8.38. The third-order valence-corrected chi connectivity index (χ3v) is 4.49. The summed E-state index contributed by atoms with van der Waals surface area (Å²) < 4.78 is 9.75. The van der Waals surface area contributed by atoms with Crippen LogP contribution in [0.3, 0.4) is 0 Å². The highest BCUT2D eigenvalue weighted by atomic mass is 32.2. The van der Waals surface area contributed by atoms with Gasteiger partial charge in [-0.05, 0) is 42.3 Å². The second-order valence-corrected chi connectivity index (χ2v) is 6.69. The average molecular weight is 386 g/mol. The number of amides is 1. The number of aryl methyl sites for hydroxylation is 1. The first-order chi connectivity index (χ1) is 13.1. The Balaban J connectivity index is 1.68. The Bertz CT molecular complexity index is 774. The summed E-state index contributed by atoms with van der Waals surface area (Å²) in [4.78, 5) is 22.8. The minimum atomic E-state index is -0.441. The van der Waals surface area contributed by atoms with Crippen LogP contribution in [0.15, 0.2) is 53.6 Å². The summed E-state index contributed by atoms with van der Waals surface area (Å²) in [5.74, 6) is 1.08. The summed E-state index contributed by atoms with van der Waals surface area (Å²) in [6.07, 6.45) is 1.55. The zero-order chi connectivity index (χ0) is 19.5. The van der Waals surface area contributed by atoms with Crippen molar-refractivity contribution in [3.8, 4) is 5.75 Å². The smallest absolute Gasteiger partial charge is 0.343 e. The van der Waals surface area contributed by atoms with Crippen molar-refractivity contribution in [2.45, 2.75) is 12.7 Å². The van der Waals surface area contributed by atoms with Crippen molar-refractivity contribution < 1.29 is 19.1 Å². The summed E-state index contributed by atoms with van der Waals surface area (Å²) in [5.41, 5.74) is 5.72. The van der Waals surface area contributed by atoms with Gasteiger partial charge in [0.2, 0.25) is 5.91 Å². The van der Waals surface area contributed by atoms with Crippen molar-refractivity contribution in [2.75, 3.05) is 19.5 Å². The molecule has 0 aliphatic carbocycles. The predicted octanol–water partition coefficient (Wildman–Crippen LogP) is 2.93. The van der Waals surface area contributed by atoms with E-state index in [1.165, 1.54) is 30.0 Å². The molecule has 0 aliphatic heterocycles. The third kappa shape index (κ3) is 7.96. The van der Waals surface area contributed by atoms with E-state index < -0.39 is 5.97 Å². The van der Waals surface area contributed by atoms with Crippen molar-refractivity contribution in [1.82, 2.24) is 5.43 Å². The molecule has 0 unspecified atom stereocenters. The number of nitrogens with one attached hydrogen (secondary N) is 1. The number of rotatable bonds is 9. The molecule has 2 rings (SSSR count). The van der Waals surface area contributed by atoms with Crippen LogP contribution < -0.4 is 10.2 Å². The van der Waals surface area contributed by atoms with Gasteiger partial charge < -0.3 is 9.47 Å². The zero-order valence-corrected chi connectivity index (χ0v) is 16.1. The van der Waals surface area contributed by atoms with Crippen molar-refractivity contribution in [3.05, 3.63) is 65.2 Å². The normalized spacial score (nSPS) is 10.6. The molecule has 2 aromatic carbocycles. The fourth-order valence-electron chi connectivity index (χ4n) is 2.01. The van der Waals surface area contributed by atoms with E-state index in [1.54, 1.807) is 30.5 Å². The first-order valence-corrected chi connectivity index (χ1v) is 9.47. The summed E-state index contributed by atoms with van der Waals surface area (Å²) in [6.45, 7) is 1.91. The molecule has 0 aromatic heterocycles. The van der Waals surface area contributed by atoms with Crippen LogP contribution in [0.25, 0.3) is 0 Å². The minimum absolute atomic E-state index is 0.139. The molecule has 1 amide bonds. The van der Waals surface area contributed by atoms with Gasteiger partial charge in [-0.15, -0.1) is 11.8 Å². The second-order valence-electron chi connectivity index (χ2n) is 5.71. The molecule has 0 heterocycles. The number of methoxy groups -OCH3 is 1. The summed E-state index contributed by atoms with van der Waals surface area (Å²) in [6, 6.07) is 15.2. The Hall–Kier alpha value is -2.80. The molecule has 6 nitrogen and oxygen atoms in total. The molecule has 2 aromatic rings. The number of hydrogen-bond donors (Lipinski definition) is 1. The van der Waals surface area contributed by atoms with E-state index in [1.807, 2.05) is 6.92 Å². The summed E-state index contributed by atoms with van der Waals surface area (Å²) in [7, 11) is 1.31. The topological polar surface area (TPSA) is 77.0 Å². The van der Waals surface area contributed by atoms with Crippen LogP contribution in [0.1, 0.15) is 16.7 Å². The second kappa shape index (κ2) is 11.0. The minimum Gasteiger partial charge on any atom is -0.482 e. The lowest BCUT2D eigenvalue weighted by Gasteiger charge is -2.04. The van der Waals surface area contributed by atoms with E-state index in [9.17, 15) is 9.59 Å². The number of esters is 1. The van der Waals surface area contributed by atoms with Crippen LogP contribution in [0.2, 0.25) is 0 Å². The Morgan fingerprint density at radius 2 is 1.81 bits per heavy atom. The maximum atomic E-state index is 11.8. The maximum absolute atomic E-state index is 11.8. The van der Waals surface area contributed by atoms with Crippen LogP contribution in [-0.2, 0) is 20.1 Å². The standard InChI is InChI=1S/C20H22N2O4S/c1-15-3-5-17(6-4-15)13-27-14-19(23)22-21-11-16-7-9-18(10-8-16)26-12-20(24)25-2/h3-11H,12-14H2,1-2H3,(H,22,23)/b21-11+. The average Bonchev–Trinajstić information content (AvgIpc) is 2.68. The van der Waals surface area contributed by atoms with E-state index in [0.29, 0.717) is 11.5 Å². The number of hydrazone groups is 1. The molecule has 0 radical (unpaired) electrons. The molecule has 0 aliphatic rings. The van der Waals surface area contributed by atoms with E-state index >= 15 is 0 Å². The number of benzene rings is 2. The predicted molar refractivity (Wildman–Crippen MR) is 107 cm³/mol. The van der Waals surface area contributed by atoms with Gasteiger partial charge in [0.25, 0.3) is 0 Å². The first-order valence-electron chi connectivity index (χ1n) is 8.31. The highest BCUT2D eigenvalue weighted by Crippen LogP contribution is 2.13. The van der Waals surface area contributed by atoms with Gasteiger partial charge in [-0.2, -0.15) is 5.10 Å². The fraction of sp³-hybridized carbons (Fsp3) is 0.250. The molecule has 142 valence electrons. The van der Waals surface area contributed by atoms with E-state index in [4.69, 9.17) is 4.74 Å². The molecule has 0 saturated carbocycles. The number of carbonyl (C=O) groups excluding carboxylic acids is 2. The molecule has 0 atom stereocenters. The fourth-order valence-corrected chi connectivity index (χ4v) is 2.79. The summed E-state index contributed by atoms with van der Waals surface area (Å²) >= 11 is 1.54. The summed E-state index contributed by atoms with van der Waals surface area (Å²) in [5, 5.41) is 3.94. The van der Waals surface area contributed by atoms with E-state index in [0.717, 1.165) is 11.3 Å². The van der Waals surface area contributed by atoms with Gasteiger partial charge in [-0.25, -0.2) is 10.2 Å². The largest absolute Gasteiger partial charge is 0.482 e. The van der Waals surface area contributed by atoms with E-state index in [2.05, 4.69) is 39.5 Å². The highest BCUT2D eigenvalue weighted by Gasteiger charge is 2.02. The maximum Gasteiger partial charge on any atom is 0.343 e. The number of carbonyl (C=O) groups is 2. The molecule has 0 saturated heterocycles. The van der Waals surface area contributed by atoms with Crippen molar-refractivity contribution >= 4 is 29.9 Å². The number of hydrogen-bond acceptors (Lipinski definition) is 6. The zero-order valence-electron chi connectivity index (χ0n) is 15.3. The van der Waals surface area contributed by atoms with Gasteiger partial charge >= 0.3 is 5.97 Å². The van der Waals surface area contributed by atoms with Crippen LogP contribution in [0.5, 0.6) is 5.75 Å². The molecule has 1 N–H and O–H groups in total. The quantitative estimate of drug-likeness (QED) is 0.407. The SMILES string of the molecule is COC(=O)COc1ccc(/C=N/NC(=O)CSCc2ccc(C)cc2)cc1. The van der Waals surface area contributed by atoms with Gasteiger partial charge in [0, 0.05) is 5.75 Å². The molecular weight excluding hydrogens is 364 g/mol. The van der Waals surface area contributed by atoms with Gasteiger partial charge in [-0.3, -0.25) is 4.79 Å².